The van der Waals surface area contributed by atoms with E-state index in [2.05, 4.69) is 31.2 Å². The van der Waals surface area contributed by atoms with Gasteiger partial charge in [-0.25, -0.2) is 0 Å². The Bertz CT molecular complexity index is 760. The van der Waals surface area contributed by atoms with Crippen LogP contribution in [-0.2, 0) is 0 Å². The summed E-state index contributed by atoms with van der Waals surface area (Å²) < 4.78 is 16.1. The lowest BCUT2D eigenvalue weighted by molar-refractivity contribution is 0.0734. The number of aryl methyl sites for hydroxylation is 1. The first kappa shape index (κ1) is 18.1. The van der Waals surface area contributed by atoms with Crippen LogP contribution in [0, 0.1) is 6.92 Å². The number of rotatable bonds is 5. The molecule has 5 nitrogen and oxygen atoms in total. The topological polar surface area (TPSA) is 48.0 Å². The van der Waals surface area contributed by atoms with Crippen LogP contribution in [0.5, 0.6) is 17.2 Å². The Morgan fingerprint density at radius 3 is 2.15 bits per heavy atom. The minimum atomic E-state index is -0.0210. The number of hydrogen-bond acceptors (Lipinski definition) is 4. The summed E-state index contributed by atoms with van der Waals surface area (Å²) in [5.41, 5.74) is 2.93. The molecule has 0 bridgehead atoms. The van der Waals surface area contributed by atoms with Crippen molar-refractivity contribution in [3.63, 3.8) is 0 Å². The van der Waals surface area contributed by atoms with Crippen LogP contribution in [0.1, 0.15) is 40.4 Å². The molecule has 0 spiro atoms. The van der Waals surface area contributed by atoms with E-state index < -0.39 is 0 Å². The summed E-state index contributed by atoms with van der Waals surface area (Å²) in [7, 11) is 4.66. The van der Waals surface area contributed by atoms with Gasteiger partial charge in [0, 0.05) is 12.1 Å². The maximum Gasteiger partial charge on any atom is 0.254 e. The van der Waals surface area contributed by atoms with Gasteiger partial charge < -0.3 is 19.1 Å². The Labute approximate surface area is 154 Å². The first-order valence-electron chi connectivity index (χ1n) is 8.76. The third-order valence-electron chi connectivity index (χ3n) is 4.89. The number of likely N-dealkylation sites (tertiary alicyclic amines) is 1. The summed E-state index contributed by atoms with van der Waals surface area (Å²) in [4.78, 5) is 15.1. The Kier molecular flexibility index (Phi) is 5.35. The van der Waals surface area contributed by atoms with Gasteiger partial charge in [-0.1, -0.05) is 29.8 Å². The largest absolute Gasteiger partial charge is 0.493 e. The van der Waals surface area contributed by atoms with E-state index in [4.69, 9.17) is 14.2 Å². The Hall–Kier alpha value is -2.69. The summed E-state index contributed by atoms with van der Waals surface area (Å²) >= 11 is 0. The fourth-order valence-corrected chi connectivity index (χ4v) is 3.52. The highest BCUT2D eigenvalue weighted by molar-refractivity contribution is 5.96. The lowest BCUT2D eigenvalue weighted by atomic mass is 10.0. The summed E-state index contributed by atoms with van der Waals surface area (Å²) in [6.45, 7) is 2.81. The van der Waals surface area contributed by atoms with Gasteiger partial charge in [0.05, 0.1) is 27.4 Å². The van der Waals surface area contributed by atoms with Gasteiger partial charge in [-0.15, -0.1) is 0 Å². The summed E-state index contributed by atoms with van der Waals surface area (Å²) in [5.74, 6) is 1.44. The van der Waals surface area contributed by atoms with Crippen molar-refractivity contribution in [1.29, 1.82) is 0 Å². The van der Waals surface area contributed by atoms with Gasteiger partial charge in [-0.2, -0.15) is 0 Å². The molecule has 1 saturated heterocycles. The second-order valence-corrected chi connectivity index (χ2v) is 6.48. The van der Waals surface area contributed by atoms with E-state index >= 15 is 0 Å². The number of amides is 1. The highest BCUT2D eigenvalue weighted by atomic mass is 16.5. The lowest BCUT2D eigenvalue weighted by Crippen LogP contribution is -2.30. The quantitative estimate of drug-likeness (QED) is 0.813. The van der Waals surface area contributed by atoms with E-state index in [9.17, 15) is 4.79 Å². The highest BCUT2D eigenvalue weighted by Crippen LogP contribution is 2.40. The third-order valence-corrected chi connectivity index (χ3v) is 4.89. The number of hydrogen-bond donors (Lipinski definition) is 0. The Morgan fingerprint density at radius 1 is 1.00 bits per heavy atom. The average Bonchev–Trinajstić information content (AvgIpc) is 3.16. The zero-order chi connectivity index (χ0) is 18.7. The van der Waals surface area contributed by atoms with Gasteiger partial charge in [-0.3, -0.25) is 4.79 Å². The van der Waals surface area contributed by atoms with E-state index in [0.29, 0.717) is 22.8 Å². The maximum atomic E-state index is 13.2. The van der Waals surface area contributed by atoms with Gasteiger partial charge in [0.25, 0.3) is 5.91 Å². The first-order chi connectivity index (χ1) is 12.6. The van der Waals surface area contributed by atoms with E-state index in [0.717, 1.165) is 19.4 Å². The molecule has 138 valence electrons. The van der Waals surface area contributed by atoms with Crippen LogP contribution in [-0.4, -0.2) is 38.7 Å². The highest BCUT2D eigenvalue weighted by Gasteiger charge is 2.31. The molecular formula is C21H25NO4. The predicted molar refractivity (Wildman–Crippen MR) is 100 cm³/mol. The number of methoxy groups -OCH3 is 3. The molecule has 2 aromatic rings. The van der Waals surface area contributed by atoms with Crippen molar-refractivity contribution in [3.05, 3.63) is 53.1 Å². The van der Waals surface area contributed by atoms with Crippen molar-refractivity contribution in [2.45, 2.75) is 25.8 Å². The van der Waals surface area contributed by atoms with Crippen LogP contribution < -0.4 is 14.2 Å². The van der Waals surface area contributed by atoms with Crippen LogP contribution >= 0.6 is 0 Å². The number of ether oxygens (including phenoxy) is 3. The Morgan fingerprint density at radius 2 is 1.62 bits per heavy atom. The SMILES string of the molecule is COc1cc(C(=O)N2CCCC2c2ccc(C)cc2)cc(OC)c1OC. The molecule has 0 N–H and O–H groups in total. The number of carbonyl (C=O) groups is 1. The van der Waals surface area contributed by atoms with E-state index in [1.807, 2.05) is 4.90 Å². The molecule has 1 heterocycles. The van der Waals surface area contributed by atoms with Crippen molar-refractivity contribution in [2.75, 3.05) is 27.9 Å². The van der Waals surface area contributed by atoms with E-state index in [-0.39, 0.29) is 11.9 Å². The molecule has 5 heteroatoms. The third kappa shape index (κ3) is 3.34. The molecule has 0 radical (unpaired) electrons. The lowest BCUT2D eigenvalue weighted by Gasteiger charge is -2.26. The van der Waals surface area contributed by atoms with Crippen LogP contribution in [0.3, 0.4) is 0 Å². The van der Waals surface area contributed by atoms with Crippen LogP contribution in [0.25, 0.3) is 0 Å². The molecule has 1 aliphatic rings. The van der Waals surface area contributed by atoms with Crippen molar-refractivity contribution in [1.82, 2.24) is 4.90 Å². The Balaban J connectivity index is 1.94. The zero-order valence-corrected chi connectivity index (χ0v) is 15.7. The minimum Gasteiger partial charge on any atom is -0.493 e. The second-order valence-electron chi connectivity index (χ2n) is 6.48. The normalized spacial score (nSPS) is 16.5. The van der Waals surface area contributed by atoms with Crippen LogP contribution in [0.4, 0.5) is 0 Å². The van der Waals surface area contributed by atoms with Crippen molar-refractivity contribution in [2.24, 2.45) is 0 Å². The average molecular weight is 355 g/mol. The van der Waals surface area contributed by atoms with Crippen LogP contribution in [0.2, 0.25) is 0 Å². The fraction of sp³-hybridized carbons (Fsp3) is 0.381. The second kappa shape index (κ2) is 7.68. The molecule has 0 aliphatic carbocycles. The van der Waals surface area contributed by atoms with Crippen LogP contribution in [0.15, 0.2) is 36.4 Å². The molecule has 2 aromatic carbocycles. The molecule has 0 aromatic heterocycles. The van der Waals surface area contributed by atoms with E-state index in [1.165, 1.54) is 11.1 Å². The molecule has 1 unspecified atom stereocenters. The molecule has 3 rings (SSSR count). The molecule has 1 aliphatic heterocycles. The van der Waals surface area contributed by atoms with Crippen molar-refractivity contribution in [3.8, 4) is 17.2 Å². The van der Waals surface area contributed by atoms with Gasteiger partial charge in [0.15, 0.2) is 11.5 Å². The first-order valence-corrected chi connectivity index (χ1v) is 8.76. The summed E-state index contributed by atoms with van der Waals surface area (Å²) in [6, 6.07) is 11.9. The number of carbonyl (C=O) groups excluding carboxylic acids is 1. The summed E-state index contributed by atoms with van der Waals surface area (Å²) in [6.07, 6.45) is 1.97. The molecule has 1 atom stereocenters. The number of nitrogens with zero attached hydrogens (tertiary/aromatic N) is 1. The van der Waals surface area contributed by atoms with Gasteiger partial charge in [0.1, 0.15) is 0 Å². The van der Waals surface area contributed by atoms with Gasteiger partial charge >= 0.3 is 0 Å². The molecule has 26 heavy (non-hydrogen) atoms. The molecule has 1 amide bonds. The monoisotopic (exact) mass is 355 g/mol. The molecule has 0 saturated carbocycles. The standard InChI is InChI=1S/C21H25NO4/c1-14-7-9-15(10-8-14)17-6-5-11-22(17)21(23)16-12-18(24-2)20(26-4)19(13-16)25-3/h7-10,12-13,17H,5-6,11H2,1-4H3. The fourth-order valence-electron chi connectivity index (χ4n) is 3.52. The van der Waals surface area contributed by atoms with Crippen molar-refractivity contribution >= 4 is 5.91 Å². The maximum absolute atomic E-state index is 13.2. The smallest absolute Gasteiger partial charge is 0.254 e. The number of benzene rings is 2. The van der Waals surface area contributed by atoms with Crippen molar-refractivity contribution < 1.29 is 19.0 Å². The molecule has 1 fully saturated rings. The summed E-state index contributed by atoms with van der Waals surface area (Å²) in [5, 5.41) is 0. The zero-order valence-electron chi connectivity index (χ0n) is 15.7. The molecular weight excluding hydrogens is 330 g/mol. The minimum absolute atomic E-state index is 0.0210. The van der Waals surface area contributed by atoms with Gasteiger partial charge in [0.2, 0.25) is 5.75 Å². The van der Waals surface area contributed by atoms with Gasteiger partial charge in [-0.05, 0) is 37.5 Å². The predicted octanol–water partition coefficient (Wildman–Crippen LogP) is 4.00. The van der Waals surface area contributed by atoms with E-state index in [1.54, 1.807) is 33.5 Å².